The quantitative estimate of drug-likeness (QED) is 0.541. The molecule has 0 saturated carbocycles. The average Bonchev–Trinajstić information content (AvgIpc) is 2.11. The molecule has 0 unspecified atom stereocenters. The van der Waals surface area contributed by atoms with Crippen molar-refractivity contribution in [1.29, 1.82) is 0 Å². The van der Waals surface area contributed by atoms with Crippen molar-refractivity contribution in [2.24, 2.45) is 0 Å². The fourth-order valence-corrected chi connectivity index (χ4v) is 0.845. The van der Waals surface area contributed by atoms with E-state index in [0.29, 0.717) is 6.33 Å². The van der Waals surface area contributed by atoms with Gasteiger partial charge in [0.25, 0.3) is 0 Å². The van der Waals surface area contributed by atoms with Crippen LogP contribution < -0.4 is 0 Å². The molecule has 68 valence electrons. The molecule has 0 aliphatic rings. The van der Waals surface area contributed by atoms with Crippen LogP contribution in [0.4, 0.5) is 4.39 Å². The number of unbranched alkanes of at least 4 members (excludes halogenated alkanes) is 1. The summed E-state index contributed by atoms with van der Waals surface area (Å²) >= 11 is 0. The van der Waals surface area contributed by atoms with Gasteiger partial charge in [0.15, 0.2) is 0 Å². The smallest absolute Gasteiger partial charge is 0.0898 e. The van der Waals surface area contributed by atoms with E-state index in [-0.39, 0.29) is 0 Å². The summed E-state index contributed by atoms with van der Waals surface area (Å²) < 4.78 is 12.2. The number of hydrogen-bond donors (Lipinski definition) is 0. The predicted octanol–water partition coefficient (Wildman–Crippen LogP) is 4.16. The van der Waals surface area contributed by atoms with Crippen molar-refractivity contribution >= 4 is 0 Å². The van der Waals surface area contributed by atoms with Gasteiger partial charge in [-0.25, -0.2) is 4.39 Å². The second kappa shape index (κ2) is 8.25. The summed E-state index contributed by atoms with van der Waals surface area (Å²) in [5.74, 6) is 0. The molecule has 0 aromatic carbocycles. The first-order valence-electron chi connectivity index (χ1n) is 4.43. The molecule has 0 spiro atoms. The van der Waals surface area contributed by atoms with E-state index in [0.717, 1.165) is 24.8 Å². The number of hydrogen-bond acceptors (Lipinski definition) is 0. The Morgan fingerprint density at radius 3 is 2.58 bits per heavy atom. The van der Waals surface area contributed by atoms with Crippen molar-refractivity contribution in [2.45, 2.75) is 33.1 Å². The molecule has 0 nitrogen and oxygen atoms in total. The van der Waals surface area contributed by atoms with Crippen LogP contribution in [0.3, 0.4) is 0 Å². The summed E-state index contributed by atoms with van der Waals surface area (Å²) in [5.41, 5.74) is 0.773. The SMILES string of the molecule is C\C=C/C=C\C(=C\F)CCCC. The fourth-order valence-electron chi connectivity index (χ4n) is 0.845. The minimum absolute atomic E-state index is 0.690. The molecular weight excluding hydrogens is 151 g/mol. The van der Waals surface area contributed by atoms with E-state index < -0.39 is 0 Å². The van der Waals surface area contributed by atoms with E-state index in [1.54, 1.807) is 0 Å². The van der Waals surface area contributed by atoms with E-state index >= 15 is 0 Å². The van der Waals surface area contributed by atoms with Gasteiger partial charge in [0, 0.05) is 0 Å². The summed E-state index contributed by atoms with van der Waals surface area (Å²) in [7, 11) is 0. The van der Waals surface area contributed by atoms with Crippen LogP contribution >= 0.6 is 0 Å². The third-order valence-corrected chi connectivity index (χ3v) is 1.57. The molecular formula is C11H17F. The summed E-state index contributed by atoms with van der Waals surface area (Å²) in [5, 5.41) is 0. The molecule has 0 bridgehead atoms. The Bertz CT molecular complexity index is 175. The van der Waals surface area contributed by atoms with Crippen LogP contribution in [0.25, 0.3) is 0 Å². The Morgan fingerprint density at radius 1 is 1.33 bits per heavy atom. The van der Waals surface area contributed by atoms with Crippen LogP contribution in [0.1, 0.15) is 33.1 Å². The van der Waals surface area contributed by atoms with Crippen molar-refractivity contribution in [3.63, 3.8) is 0 Å². The van der Waals surface area contributed by atoms with Gasteiger partial charge in [-0.05, 0) is 25.3 Å². The van der Waals surface area contributed by atoms with E-state index in [4.69, 9.17) is 0 Å². The molecule has 0 fully saturated rings. The van der Waals surface area contributed by atoms with Crippen LogP contribution in [0, 0.1) is 0 Å². The van der Waals surface area contributed by atoms with Gasteiger partial charge < -0.3 is 0 Å². The van der Waals surface area contributed by atoms with Crippen molar-refractivity contribution < 1.29 is 4.39 Å². The monoisotopic (exact) mass is 168 g/mol. The zero-order valence-corrected chi connectivity index (χ0v) is 7.89. The second-order valence-electron chi connectivity index (χ2n) is 2.67. The third kappa shape index (κ3) is 5.90. The molecule has 0 saturated heterocycles. The number of allylic oxidation sites excluding steroid dienone is 5. The lowest BCUT2D eigenvalue weighted by atomic mass is 10.1. The van der Waals surface area contributed by atoms with E-state index in [2.05, 4.69) is 6.92 Å². The minimum Gasteiger partial charge on any atom is -0.215 e. The van der Waals surface area contributed by atoms with Gasteiger partial charge in [-0.2, -0.15) is 0 Å². The highest BCUT2D eigenvalue weighted by atomic mass is 19.1. The first-order valence-corrected chi connectivity index (χ1v) is 4.43. The lowest BCUT2D eigenvalue weighted by molar-refractivity contribution is 0.694. The lowest BCUT2D eigenvalue weighted by Gasteiger charge is -1.95. The Balaban J connectivity index is 3.84. The van der Waals surface area contributed by atoms with E-state index in [1.165, 1.54) is 0 Å². The van der Waals surface area contributed by atoms with Gasteiger partial charge in [0.05, 0.1) is 6.33 Å². The zero-order chi connectivity index (χ0) is 9.23. The molecule has 0 aliphatic carbocycles. The van der Waals surface area contributed by atoms with Crippen LogP contribution in [-0.2, 0) is 0 Å². The molecule has 0 amide bonds. The summed E-state index contributed by atoms with van der Waals surface area (Å²) in [6.07, 6.45) is 11.2. The Kier molecular flexibility index (Phi) is 7.66. The summed E-state index contributed by atoms with van der Waals surface area (Å²) in [6, 6.07) is 0. The zero-order valence-electron chi connectivity index (χ0n) is 7.89. The topological polar surface area (TPSA) is 0 Å². The summed E-state index contributed by atoms with van der Waals surface area (Å²) in [4.78, 5) is 0. The highest BCUT2D eigenvalue weighted by Crippen LogP contribution is 2.08. The number of rotatable bonds is 5. The predicted molar refractivity (Wildman–Crippen MR) is 52.7 cm³/mol. The molecule has 0 heterocycles. The molecule has 0 N–H and O–H groups in total. The van der Waals surface area contributed by atoms with Crippen molar-refractivity contribution in [1.82, 2.24) is 0 Å². The highest BCUT2D eigenvalue weighted by molar-refractivity contribution is 5.20. The molecule has 0 radical (unpaired) electrons. The van der Waals surface area contributed by atoms with Gasteiger partial charge >= 0.3 is 0 Å². The fraction of sp³-hybridized carbons (Fsp3) is 0.455. The minimum atomic E-state index is 0.690. The maximum absolute atomic E-state index is 12.2. The number of halogens is 1. The first-order chi connectivity index (χ1) is 5.85. The van der Waals surface area contributed by atoms with Crippen LogP contribution in [0.2, 0.25) is 0 Å². The summed E-state index contributed by atoms with van der Waals surface area (Å²) in [6.45, 7) is 4.04. The van der Waals surface area contributed by atoms with Gasteiger partial charge in [0.2, 0.25) is 0 Å². The molecule has 0 atom stereocenters. The molecule has 0 aromatic heterocycles. The first kappa shape index (κ1) is 11.2. The third-order valence-electron chi connectivity index (χ3n) is 1.57. The molecule has 0 aliphatic heterocycles. The van der Waals surface area contributed by atoms with Crippen LogP contribution in [0.15, 0.2) is 36.2 Å². The van der Waals surface area contributed by atoms with Crippen LogP contribution in [-0.4, -0.2) is 0 Å². The van der Waals surface area contributed by atoms with Gasteiger partial charge in [0.1, 0.15) is 0 Å². The van der Waals surface area contributed by atoms with Crippen LogP contribution in [0.5, 0.6) is 0 Å². The Hall–Kier alpha value is -0.850. The van der Waals surface area contributed by atoms with E-state index in [1.807, 2.05) is 31.2 Å². The molecule has 0 rings (SSSR count). The molecule has 1 heteroatoms. The van der Waals surface area contributed by atoms with Crippen molar-refractivity contribution in [3.05, 3.63) is 36.2 Å². The average molecular weight is 168 g/mol. The Morgan fingerprint density at radius 2 is 2.08 bits per heavy atom. The van der Waals surface area contributed by atoms with Crippen molar-refractivity contribution in [2.75, 3.05) is 0 Å². The molecule has 0 aromatic rings. The van der Waals surface area contributed by atoms with E-state index in [9.17, 15) is 4.39 Å². The van der Waals surface area contributed by atoms with Gasteiger partial charge in [-0.3, -0.25) is 0 Å². The Labute approximate surface area is 74.5 Å². The second-order valence-corrected chi connectivity index (χ2v) is 2.67. The maximum Gasteiger partial charge on any atom is 0.0898 e. The van der Waals surface area contributed by atoms with Gasteiger partial charge in [-0.15, -0.1) is 0 Å². The van der Waals surface area contributed by atoms with Crippen molar-refractivity contribution in [3.8, 4) is 0 Å². The highest BCUT2D eigenvalue weighted by Gasteiger charge is 1.90. The maximum atomic E-state index is 12.2. The normalized spacial score (nSPS) is 13.4. The standard InChI is InChI=1S/C11H17F/c1-3-5-7-9-11(10-12)8-6-4-2/h3,5,7,9-10H,4,6,8H2,1-2H3/b5-3-,9-7-,11-10+. The van der Waals surface area contributed by atoms with Gasteiger partial charge in [-0.1, -0.05) is 37.6 Å². The molecule has 12 heavy (non-hydrogen) atoms. The lowest BCUT2D eigenvalue weighted by Crippen LogP contribution is -1.77. The largest absolute Gasteiger partial charge is 0.215 e.